The molecule has 93 heavy (non-hydrogen) atoms. The van der Waals surface area contributed by atoms with Crippen LogP contribution in [0.25, 0.3) is 101 Å². The first kappa shape index (κ1) is 60.4. The Balaban J connectivity index is 0.837. The summed E-state index contributed by atoms with van der Waals surface area (Å²) in [6.07, 6.45) is 16.8. The lowest BCUT2D eigenvalue weighted by molar-refractivity contribution is 0.0271. The van der Waals surface area contributed by atoms with Gasteiger partial charge in [-0.05, 0) is 142 Å². The average molecular weight is 1220 g/mol. The molecule has 0 bridgehead atoms. The van der Waals surface area contributed by atoms with Gasteiger partial charge in [0.2, 0.25) is 0 Å². The van der Waals surface area contributed by atoms with Gasteiger partial charge in [0.05, 0.1) is 103 Å². The number of benzene rings is 10. The van der Waals surface area contributed by atoms with E-state index in [4.69, 9.17) is 18.9 Å². The Labute approximate surface area is 545 Å². The summed E-state index contributed by atoms with van der Waals surface area (Å²) in [6.45, 7) is 20.2. The van der Waals surface area contributed by atoms with E-state index in [1.165, 1.54) is 49.0 Å². The van der Waals surface area contributed by atoms with E-state index in [0.717, 1.165) is 103 Å². The van der Waals surface area contributed by atoms with Crippen LogP contribution in [0.5, 0.6) is 0 Å². The molecular formula is C86H77N3O4. The summed E-state index contributed by atoms with van der Waals surface area (Å²) in [5, 5.41) is 7.22. The molecule has 0 fully saturated rings. The quantitative estimate of drug-likeness (QED) is 0.0482. The third-order valence-electron chi connectivity index (χ3n) is 18.4. The minimum Gasteiger partial charge on any atom is -0.376 e. The fourth-order valence-corrected chi connectivity index (χ4v) is 13.6. The van der Waals surface area contributed by atoms with Gasteiger partial charge >= 0.3 is 0 Å². The summed E-state index contributed by atoms with van der Waals surface area (Å²) in [5.41, 5.74) is 20.4. The van der Waals surface area contributed by atoms with Crippen molar-refractivity contribution in [1.82, 2.24) is 13.7 Å². The molecule has 3 heterocycles. The summed E-state index contributed by atoms with van der Waals surface area (Å²) >= 11 is 0. The second-order valence-electron chi connectivity index (χ2n) is 24.8. The Bertz CT molecular complexity index is 4830. The minimum absolute atomic E-state index is 0.100. The average Bonchev–Trinajstić information content (AvgIpc) is 1.60. The van der Waals surface area contributed by atoms with E-state index in [2.05, 4.69) is 283 Å². The number of para-hydroxylation sites is 4. The Morgan fingerprint density at radius 3 is 1.01 bits per heavy atom. The Kier molecular flexibility index (Phi) is 18.0. The van der Waals surface area contributed by atoms with Crippen LogP contribution in [0.2, 0.25) is 0 Å². The van der Waals surface area contributed by atoms with E-state index in [1.807, 2.05) is 24.3 Å². The third kappa shape index (κ3) is 13.1. The van der Waals surface area contributed by atoms with E-state index >= 15 is 0 Å². The highest BCUT2D eigenvalue weighted by Gasteiger charge is 2.22. The predicted octanol–water partition coefficient (Wildman–Crippen LogP) is 20.6. The standard InChI is InChI=1S/C86H77N3O4/c1-5-60-25-33-64(34-26-60)52-90-56-70(57-91-53-65-35-27-61(6-2)28-36-65)45-68-41-43-85-79(47-68)77-19-11-15-23-83(77)88(85)73-49-72(87-81-21-13-9-17-75(81)76-18-10-14-22-82(76)87)50-74(51-73)89-84-24-16-12-20-78(84)80-48-69(42-44-86(80)89)46-71(58-92-54-66-37-29-62(7-3)30-38-66)59-93-55-67-39-31-63(8-4)32-40-67/h5-31,33-44,47-51,63,70-71H,1-4,32,45-46,52-59H2. The highest BCUT2D eigenvalue weighted by atomic mass is 16.5. The monoisotopic (exact) mass is 1220 g/mol. The van der Waals surface area contributed by atoms with Crippen LogP contribution in [-0.2, 0) is 51.6 Å². The Hall–Kier alpha value is -10.1. The van der Waals surface area contributed by atoms with Gasteiger partial charge < -0.3 is 32.6 Å². The maximum atomic E-state index is 6.54. The van der Waals surface area contributed by atoms with Crippen LogP contribution in [0, 0.1) is 17.8 Å². The van der Waals surface area contributed by atoms with Crippen LogP contribution in [0.4, 0.5) is 0 Å². The zero-order valence-electron chi connectivity index (χ0n) is 52.7. The second-order valence-corrected chi connectivity index (χ2v) is 24.8. The maximum Gasteiger partial charge on any atom is 0.0717 e. The number of aromatic nitrogens is 3. The Morgan fingerprint density at radius 2 is 0.677 bits per heavy atom. The van der Waals surface area contributed by atoms with Gasteiger partial charge in [0.15, 0.2) is 0 Å². The zero-order valence-corrected chi connectivity index (χ0v) is 52.7. The number of allylic oxidation sites excluding steroid dienone is 3. The molecule has 0 N–H and O–H groups in total. The molecule has 2 atom stereocenters. The summed E-state index contributed by atoms with van der Waals surface area (Å²) < 4.78 is 33.5. The first-order valence-electron chi connectivity index (χ1n) is 32.5. The molecule has 7 heteroatoms. The van der Waals surface area contributed by atoms with E-state index in [1.54, 1.807) is 0 Å². The van der Waals surface area contributed by atoms with Gasteiger partial charge in [0.1, 0.15) is 0 Å². The lowest BCUT2D eigenvalue weighted by Gasteiger charge is -2.19. The lowest BCUT2D eigenvalue weighted by Crippen LogP contribution is -2.20. The molecule has 7 nitrogen and oxygen atoms in total. The van der Waals surface area contributed by atoms with E-state index in [0.29, 0.717) is 58.8 Å². The first-order valence-corrected chi connectivity index (χ1v) is 32.5. The highest BCUT2D eigenvalue weighted by molar-refractivity contribution is 6.12. The minimum atomic E-state index is 0.100. The maximum absolute atomic E-state index is 6.54. The highest BCUT2D eigenvalue weighted by Crippen LogP contribution is 2.40. The number of ether oxygens (including phenoxy) is 4. The predicted molar refractivity (Wildman–Crippen MR) is 389 cm³/mol. The van der Waals surface area contributed by atoms with Gasteiger partial charge in [-0.15, -0.1) is 6.58 Å². The molecule has 0 saturated carbocycles. The second kappa shape index (κ2) is 27.8. The molecule has 14 rings (SSSR count). The van der Waals surface area contributed by atoms with Crippen molar-refractivity contribution in [1.29, 1.82) is 0 Å². The molecule has 0 amide bonds. The first-order chi connectivity index (χ1) is 45.9. The van der Waals surface area contributed by atoms with E-state index in [-0.39, 0.29) is 11.8 Å². The molecular weight excluding hydrogens is 1140 g/mol. The van der Waals surface area contributed by atoms with Crippen molar-refractivity contribution >= 4 is 83.6 Å². The molecule has 1 aliphatic rings. The lowest BCUT2D eigenvalue weighted by atomic mass is 9.97. The van der Waals surface area contributed by atoms with Crippen molar-refractivity contribution in [2.75, 3.05) is 33.0 Å². The summed E-state index contributed by atoms with van der Waals surface area (Å²) in [5.74, 6) is 0.586. The SMILES string of the molecule is C=Cc1ccc(COCC(COCC2=CCC(C=C)C=C2)Cc2ccc3c(c2)c2ccccc2n3-c2cc(-n3c4ccccc4c4ccccc43)cc(-n3c4ccccc4c4cc(CC(COCc5ccc(C=C)cc5)COCc5ccc(C=C)cc5)ccc43)c2)cc1. The molecule has 0 saturated heterocycles. The number of hydrogen-bond donors (Lipinski definition) is 0. The van der Waals surface area contributed by atoms with Crippen LogP contribution < -0.4 is 0 Å². The largest absolute Gasteiger partial charge is 0.376 e. The van der Waals surface area contributed by atoms with Crippen LogP contribution in [0.15, 0.2) is 281 Å². The van der Waals surface area contributed by atoms with Crippen molar-refractivity contribution < 1.29 is 18.9 Å². The number of rotatable bonds is 27. The van der Waals surface area contributed by atoms with Gasteiger partial charge in [-0.2, -0.15) is 0 Å². The summed E-state index contributed by atoms with van der Waals surface area (Å²) in [6, 6.07) is 81.8. The number of nitrogens with zero attached hydrogens (tertiary/aromatic N) is 3. The fraction of sp³-hybridized carbons (Fsp3) is 0.163. The number of fused-ring (bicyclic) bond motifs is 9. The van der Waals surface area contributed by atoms with Crippen molar-refractivity contribution in [3.05, 3.63) is 325 Å². The van der Waals surface area contributed by atoms with Crippen molar-refractivity contribution in [2.24, 2.45) is 17.8 Å². The van der Waals surface area contributed by atoms with Gasteiger partial charge in [-0.25, -0.2) is 0 Å². The normalized spacial score (nSPS) is 13.6. The topological polar surface area (TPSA) is 51.7 Å². The fourth-order valence-electron chi connectivity index (χ4n) is 13.6. The van der Waals surface area contributed by atoms with Gasteiger partial charge in [-0.1, -0.05) is 220 Å². The molecule has 10 aromatic carbocycles. The van der Waals surface area contributed by atoms with Crippen LogP contribution in [-0.4, -0.2) is 46.7 Å². The van der Waals surface area contributed by atoms with Crippen LogP contribution in [0.1, 0.15) is 50.9 Å². The van der Waals surface area contributed by atoms with Gasteiger partial charge in [0, 0.05) is 44.2 Å². The molecule has 0 radical (unpaired) electrons. The number of hydrogen-bond acceptors (Lipinski definition) is 4. The van der Waals surface area contributed by atoms with Gasteiger partial charge in [-0.3, -0.25) is 0 Å². The van der Waals surface area contributed by atoms with Crippen molar-refractivity contribution in [2.45, 2.75) is 39.1 Å². The van der Waals surface area contributed by atoms with Crippen LogP contribution in [0.3, 0.4) is 0 Å². The smallest absolute Gasteiger partial charge is 0.0717 e. The third-order valence-corrected chi connectivity index (χ3v) is 18.4. The summed E-state index contributed by atoms with van der Waals surface area (Å²) in [4.78, 5) is 0. The van der Waals surface area contributed by atoms with E-state index in [9.17, 15) is 0 Å². The molecule has 2 unspecified atom stereocenters. The van der Waals surface area contributed by atoms with Crippen LogP contribution >= 0.6 is 0 Å². The molecule has 0 spiro atoms. The molecule has 0 aliphatic heterocycles. The Morgan fingerprint density at radius 1 is 0.355 bits per heavy atom. The molecule has 1 aliphatic carbocycles. The van der Waals surface area contributed by atoms with E-state index < -0.39 is 0 Å². The van der Waals surface area contributed by atoms with Crippen molar-refractivity contribution in [3.63, 3.8) is 0 Å². The van der Waals surface area contributed by atoms with Gasteiger partial charge in [0.25, 0.3) is 0 Å². The molecule has 13 aromatic rings. The van der Waals surface area contributed by atoms with Crippen molar-refractivity contribution in [3.8, 4) is 17.1 Å². The molecule has 3 aromatic heterocycles. The molecule has 460 valence electrons. The zero-order chi connectivity index (χ0) is 63.0. The summed E-state index contributed by atoms with van der Waals surface area (Å²) in [7, 11) is 0.